The predicted octanol–water partition coefficient (Wildman–Crippen LogP) is 1.14. The standard InChI is InChI=1S/C20H20F3N5O5S/c1-28-19(24)27-20(9-33-15(7-21)17(20)34(28,30)31)12-5-10(3-4-13(12)22)26-18(29)16-14(23)6-11(32-2)8-25-16/h3-6,8,15,17H,7,9H2,1-2H3,(H2,24,27)(H,26,29)/t15-,17-,20-/m1/s1. The molecule has 0 unspecified atom stereocenters. The molecule has 0 aliphatic carbocycles. The molecule has 182 valence electrons. The van der Waals surface area contributed by atoms with Gasteiger partial charge in [0.2, 0.25) is 16.0 Å². The van der Waals surface area contributed by atoms with Gasteiger partial charge < -0.3 is 20.5 Å². The zero-order valence-corrected chi connectivity index (χ0v) is 18.8. The van der Waals surface area contributed by atoms with E-state index in [2.05, 4.69) is 15.3 Å². The van der Waals surface area contributed by atoms with E-state index in [-0.39, 0.29) is 17.0 Å². The van der Waals surface area contributed by atoms with Crippen molar-refractivity contribution >= 4 is 27.6 Å². The number of carbonyl (C=O) groups excluding carboxylic acids is 1. The maximum atomic E-state index is 15.0. The van der Waals surface area contributed by atoms with Crippen molar-refractivity contribution < 1.29 is 35.9 Å². The van der Waals surface area contributed by atoms with Crippen LogP contribution in [0.25, 0.3) is 0 Å². The molecule has 0 radical (unpaired) electrons. The number of carbonyl (C=O) groups is 1. The van der Waals surface area contributed by atoms with Gasteiger partial charge in [-0.3, -0.25) is 4.79 Å². The number of anilines is 1. The van der Waals surface area contributed by atoms with E-state index < -0.39 is 69.4 Å². The van der Waals surface area contributed by atoms with E-state index in [9.17, 15) is 22.0 Å². The fourth-order valence-corrected chi connectivity index (χ4v) is 5.98. The average Bonchev–Trinajstić information content (AvgIpc) is 3.19. The minimum atomic E-state index is -4.28. The third-order valence-electron chi connectivity index (χ3n) is 5.77. The lowest BCUT2D eigenvalue weighted by molar-refractivity contribution is 0.0847. The van der Waals surface area contributed by atoms with E-state index in [1.54, 1.807) is 0 Å². The van der Waals surface area contributed by atoms with Crippen LogP contribution in [-0.2, 0) is 20.3 Å². The van der Waals surface area contributed by atoms with Crippen LogP contribution in [0.15, 0.2) is 35.5 Å². The fraction of sp³-hybridized carbons (Fsp3) is 0.350. The van der Waals surface area contributed by atoms with Crippen molar-refractivity contribution in [1.82, 2.24) is 9.29 Å². The van der Waals surface area contributed by atoms with Crippen molar-refractivity contribution in [2.45, 2.75) is 16.9 Å². The lowest BCUT2D eigenvalue weighted by atomic mass is 9.86. The van der Waals surface area contributed by atoms with Crippen LogP contribution in [0.4, 0.5) is 18.9 Å². The van der Waals surface area contributed by atoms with Crippen molar-refractivity contribution in [2.24, 2.45) is 10.7 Å². The molecule has 2 aliphatic rings. The van der Waals surface area contributed by atoms with Gasteiger partial charge in [0.15, 0.2) is 11.5 Å². The molecule has 10 nitrogen and oxygen atoms in total. The number of hydrogen-bond acceptors (Lipinski definition) is 8. The molecule has 3 heterocycles. The number of nitrogens with two attached hydrogens (primary N) is 1. The van der Waals surface area contributed by atoms with Gasteiger partial charge >= 0.3 is 0 Å². The second kappa shape index (κ2) is 8.43. The van der Waals surface area contributed by atoms with Gasteiger partial charge in [0, 0.05) is 24.4 Å². The topological polar surface area (TPSA) is 136 Å². The molecule has 0 saturated carbocycles. The minimum Gasteiger partial charge on any atom is -0.495 e. The monoisotopic (exact) mass is 499 g/mol. The Morgan fingerprint density at radius 2 is 2.09 bits per heavy atom. The molecule has 1 aromatic heterocycles. The number of hydrogen-bond donors (Lipinski definition) is 2. The number of methoxy groups -OCH3 is 1. The summed E-state index contributed by atoms with van der Waals surface area (Å²) in [7, 11) is -1.82. The normalized spacial score (nSPS) is 25.4. The first-order chi connectivity index (χ1) is 16.0. The number of sulfonamides is 1. The Labute approximate surface area is 192 Å². The maximum absolute atomic E-state index is 15.0. The predicted molar refractivity (Wildman–Crippen MR) is 115 cm³/mol. The molecule has 2 aliphatic heterocycles. The number of guanidine groups is 1. The first-order valence-electron chi connectivity index (χ1n) is 9.86. The Bertz CT molecular complexity index is 1290. The van der Waals surface area contributed by atoms with Crippen LogP contribution in [-0.4, -0.2) is 68.4 Å². The molecule has 0 spiro atoms. The highest BCUT2D eigenvalue weighted by molar-refractivity contribution is 7.90. The third kappa shape index (κ3) is 3.62. The Morgan fingerprint density at radius 3 is 2.74 bits per heavy atom. The molecule has 1 saturated heterocycles. The van der Waals surface area contributed by atoms with Gasteiger partial charge in [-0.15, -0.1) is 0 Å². The largest absolute Gasteiger partial charge is 0.495 e. The van der Waals surface area contributed by atoms with Crippen LogP contribution in [0.1, 0.15) is 16.1 Å². The number of alkyl halides is 1. The summed E-state index contributed by atoms with van der Waals surface area (Å²) in [6, 6.07) is 4.25. The second-order valence-electron chi connectivity index (χ2n) is 7.69. The summed E-state index contributed by atoms with van der Waals surface area (Å²) >= 11 is 0. The number of ether oxygens (including phenoxy) is 2. The van der Waals surface area contributed by atoms with Crippen LogP contribution in [0.2, 0.25) is 0 Å². The Kier molecular flexibility index (Phi) is 5.89. The molecule has 2 aromatic rings. The molecule has 34 heavy (non-hydrogen) atoms. The molecule has 1 aromatic carbocycles. The van der Waals surface area contributed by atoms with Crippen LogP contribution >= 0.6 is 0 Å². The third-order valence-corrected chi connectivity index (χ3v) is 8.06. The second-order valence-corrected chi connectivity index (χ2v) is 9.77. The van der Waals surface area contributed by atoms with E-state index in [0.29, 0.717) is 4.31 Å². The van der Waals surface area contributed by atoms with E-state index in [1.807, 2.05) is 0 Å². The average molecular weight is 499 g/mol. The fourth-order valence-electron chi connectivity index (χ4n) is 4.06. The van der Waals surface area contributed by atoms with Gasteiger partial charge in [-0.05, 0) is 18.2 Å². The molecular formula is C20H20F3N5O5S. The zero-order chi connectivity index (χ0) is 24.8. The number of amides is 1. The number of pyridine rings is 1. The molecule has 3 atom stereocenters. The van der Waals surface area contributed by atoms with Gasteiger partial charge in [0.25, 0.3) is 5.91 Å². The van der Waals surface area contributed by atoms with Crippen molar-refractivity contribution in [2.75, 3.05) is 32.8 Å². The molecule has 14 heteroatoms. The molecule has 1 amide bonds. The highest BCUT2D eigenvalue weighted by Crippen LogP contribution is 2.46. The van der Waals surface area contributed by atoms with Gasteiger partial charge in [-0.1, -0.05) is 0 Å². The summed E-state index contributed by atoms with van der Waals surface area (Å²) in [6.07, 6.45) is -0.273. The number of rotatable bonds is 5. The van der Waals surface area contributed by atoms with Crippen LogP contribution in [0.3, 0.4) is 0 Å². The first-order valence-corrected chi connectivity index (χ1v) is 11.4. The van der Waals surface area contributed by atoms with Crippen LogP contribution in [0.5, 0.6) is 5.75 Å². The number of aromatic nitrogens is 1. The number of benzene rings is 1. The van der Waals surface area contributed by atoms with Crippen molar-refractivity contribution in [3.05, 3.63) is 53.4 Å². The molecule has 4 rings (SSSR count). The van der Waals surface area contributed by atoms with Gasteiger partial charge in [-0.2, -0.15) is 0 Å². The highest BCUT2D eigenvalue weighted by atomic mass is 32.2. The van der Waals surface area contributed by atoms with Gasteiger partial charge in [0.05, 0.1) is 19.9 Å². The molecule has 3 N–H and O–H groups in total. The van der Waals surface area contributed by atoms with Crippen molar-refractivity contribution in [1.29, 1.82) is 0 Å². The quantitative estimate of drug-likeness (QED) is 0.630. The van der Waals surface area contributed by atoms with Crippen molar-refractivity contribution in [3.63, 3.8) is 0 Å². The Hall–Kier alpha value is -3.39. The molecule has 1 fully saturated rings. The summed E-state index contributed by atoms with van der Waals surface area (Å²) in [5.41, 5.74) is 3.05. The molecule has 0 bridgehead atoms. The van der Waals surface area contributed by atoms with E-state index in [4.69, 9.17) is 15.2 Å². The van der Waals surface area contributed by atoms with Crippen LogP contribution < -0.4 is 15.8 Å². The Balaban J connectivity index is 1.77. The van der Waals surface area contributed by atoms with Crippen LogP contribution in [0, 0.1) is 11.6 Å². The zero-order valence-electron chi connectivity index (χ0n) is 18.0. The number of fused-ring (bicyclic) bond motifs is 1. The summed E-state index contributed by atoms with van der Waals surface area (Å²) in [5, 5.41) is 0.774. The number of nitrogens with zero attached hydrogens (tertiary/aromatic N) is 3. The summed E-state index contributed by atoms with van der Waals surface area (Å²) < 4.78 is 79.9. The lowest BCUT2D eigenvalue weighted by Crippen LogP contribution is -2.59. The summed E-state index contributed by atoms with van der Waals surface area (Å²) in [6.45, 7) is -1.63. The SMILES string of the molecule is COc1cnc(C(=O)Nc2ccc(F)c([C@]34CO[C@H](CF)[C@H]3S(=O)(=O)N(C)C(N)=N4)c2)c(F)c1. The van der Waals surface area contributed by atoms with Gasteiger partial charge in [0.1, 0.15) is 35.1 Å². The van der Waals surface area contributed by atoms with E-state index in [1.165, 1.54) is 13.2 Å². The number of halogens is 3. The lowest BCUT2D eigenvalue weighted by Gasteiger charge is -2.39. The maximum Gasteiger partial charge on any atom is 0.277 e. The number of nitrogens with one attached hydrogen (secondary N) is 1. The summed E-state index contributed by atoms with van der Waals surface area (Å²) in [5.74, 6) is -3.11. The van der Waals surface area contributed by atoms with Gasteiger partial charge in [-0.25, -0.2) is 35.9 Å². The first kappa shape index (κ1) is 23.8. The van der Waals surface area contributed by atoms with E-state index in [0.717, 1.165) is 31.4 Å². The minimum absolute atomic E-state index is 0.0136. The number of aliphatic imine (C=N–C) groups is 1. The molecular weight excluding hydrogens is 479 g/mol. The Morgan fingerprint density at radius 1 is 1.35 bits per heavy atom. The van der Waals surface area contributed by atoms with E-state index >= 15 is 4.39 Å². The van der Waals surface area contributed by atoms with Crippen molar-refractivity contribution in [3.8, 4) is 5.75 Å². The smallest absolute Gasteiger partial charge is 0.277 e. The highest BCUT2D eigenvalue weighted by Gasteiger charge is 2.62. The summed E-state index contributed by atoms with van der Waals surface area (Å²) in [4.78, 5) is 20.5.